The first-order valence-corrected chi connectivity index (χ1v) is 8.16. The summed E-state index contributed by atoms with van der Waals surface area (Å²) in [6, 6.07) is 13.4. The highest BCUT2D eigenvalue weighted by atomic mass is 15.2. The van der Waals surface area contributed by atoms with E-state index in [1.54, 1.807) is 0 Å². The molecule has 1 unspecified atom stereocenters. The SMILES string of the molecule is CCNCC1CCCCN1Cc1ccc2ccccc2n1. The van der Waals surface area contributed by atoms with Gasteiger partial charge in [-0.1, -0.05) is 37.6 Å². The molecule has 3 rings (SSSR count). The third-order valence-electron chi connectivity index (χ3n) is 4.40. The number of likely N-dealkylation sites (N-methyl/N-ethyl adjacent to an activating group) is 1. The number of aromatic nitrogens is 1. The van der Waals surface area contributed by atoms with Gasteiger partial charge in [-0.3, -0.25) is 9.88 Å². The van der Waals surface area contributed by atoms with Gasteiger partial charge in [-0.25, -0.2) is 0 Å². The van der Waals surface area contributed by atoms with Crippen LogP contribution in [0.15, 0.2) is 36.4 Å². The van der Waals surface area contributed by atoms with Crippen LogP contribution in [0.1, 0.15) is 31.9 Å². The molecule has 1 aromatic heterocycles. The minimum Gasteiger partial charge on any atom is -0.315 e. The highest BCUT2D eigenvalue weighted by Crippen LogP contribution is 2.20. The van der Waals surface area contributed by atoms with E-state index >= 15 is 0 Å². The Kier molecular flexibility index (Phi) is 4.84. The molecule has 1 fully saturated rings. The fourth-order valence-corrected chi connectivity index (χ4v) is 3.21. The topological polar surface area (TPSA) is 28.2 Å². The van der Waals surface area contributed by atoms with E-state index in [4.69, 9.17) is 4.98 Å². The van der Waals surface area contributed by atoms with Gasteiger partial charge in [0.2, 0.25) is 0 Å². The number of nitrogens with one attached hydrogen (secondary N) is 1. The number of para-hydroxylation sites is 1. The van der Waals surface area contributed by atoms with Crippen molar-refractivity contribution in [2.75, 3.05) is 19.6 Å². The normalized spacial score (nSPS) is 20.0. The van der Waals surface area contributed by atoms with Crippen LogP contribution in [0.3, 0.4) is 0 Å². The predicted molar refractivity (Wildman–Crippen MR) is 88.3 cm³/mol. The third-order valence-corrected chi connectivity index (χ3v) is 4.40. The number of fused-ring (bicyclic) bond motifs is 1. The minimum atomic E-state index is 0.659. The van der Waals surface area contributed by atoms with Crippen LogP contribution in [-0.4, -0.2) is 35.6 Å². The molecule has 1 aliphatic rings. The Labute approximate surface area is 127 Å². The first-order chi connectivity index (χ1) is 10.4. The Morgan fingerprint density at radius 3 is 3.00 bits per heavy atom. The Bertz CT molecular complexity index is 581. The fraction of sp³-hybridized carbons (Fsp3) is 0.500. The molecule has 0 aliphatic carbocycles. The van der Waals surface area contributed by atoms with E-state index in [1.807, 2.05) is 0 Å². The van der Waals surface area contributed by atoms with E-state index in [9.17, 15) is 0 Å². The lowest BCUT2D eigenvalue weighted by atomic mass is 10.0. The highest BCUT2D eigenvalue weighted by Gasteiger charge is 2.22. The monoisotopic (exact) mass is 283 g/mol. The smallest absolute Gasteiger partial charge is 0.0705 e. The summed E-state index contributed by atoms with van der Waals surface area (Å²) in [5.41, 5.74) is 2.30. The van der Waals surface area contributed by atoms with Gasteiger partial charge in [0.05, 0.1) is 11.2 Å². The molecule has 21 heavy (non-hydrogen) atoms. The van der Waals surface area contributed by atoms with Gasteiger partial charge >= 0.3 is 0 Å². The quantitative estimate of drug-likeness (QED) is 0.913. The van der Waals surface area contributed by atoms with E-state index in [-0.39, 0.29) is 0 Å². The van der Waals surface area contributed by atoms with Gasteiger partial charge < -0.3 is 5.32 Å². The molecule has 1 aromatic carbocycles. The summed E-state index contributed by atoms with van der Waals surface area (Å²) in [5, 5.41) is 4.73. The molecular weight excluding hydrogens is 258 g/mol. The summed E-state index contributed by atoms with van der Waals surface area (Å²) < 4.78 is 0. The number of hydrogen-bond acceptors (Lipinski definition) is 3. The molecule has 0 saturated carbocycles. The van der Waals surface area contributed by atoms with E-state index in [0.717, 1.165) is 25.2 Å². The molecule has 3 nitrogen and oxygen atoms in total. The van der Waals surface area contributed by atoms with Crippen molar-refractivity contribution in [3.8, 4) is 0 Å². The van der Waals surface area contributed by atoms with Crippen molar-refractivity contribution < 1.29 is 0 Å². The van der Waals surface area contributed by atoms with Crippen molar-refractivity contribution in [3.63, 3.8) is 0 Å². The van der Waals surface area contributed by atoms with Crippen LogP contribution in [0.4, 0.5) is 0 Å². The molecule has 0 spiro atoms. The van der Waals surface area contributed by atoms with Crippen LogP contribution >= 0.6 is 0 Å². The second-order valence-electron chi connectivity index (χ2n) is 5.92. The molecule has 112 valence electrons. The van der Waals surface area contributed by atoms with E-state index in [2.05, 4.69) is 53.5 Å². The van der Waals surface area contributed by atoms with E-state index in [0.29, 0.717) is 6.04 Å². The molecule has 1 saturated heterocycles. The van der Waals surface area contributed by atoms with Gasteiger partial charge in [-0.15, -0.1) is 0 Å². The molecule has 1 N–H and O–H groups in total. The largest absolute Gasteiger partial charge is 0.315 e. The number of hydrogen-bond donors (Lipinski definition) is 1. The number of rotatable bonds is 5. The standard InChI is InChI=1S/C18H25N3/c1-2-19-13-17-8-5-6-12-21(17)14-16-11-10-15-7-3-4-9-18(15)20-16/h3-4,7,9-11,17,19H,2,5-6,8,12-14H2,1H3. The number of likely N-dealkylation sites (tertiary alicyclic amines) is 1. The van der Waals surface area contributed by atoms with Crippen molar-refractivity contribution in [3.05, 3.63) is 42.1 Å². The molecule has 1 atom stereocenters. The zero-order valence-corrected chi connectivity index (χ0v) is 12.9. The summed E-state index contributed by atoms with van der Waals surface area (Å²) >= 11 is 0. The maximum Gasteiger partial charge on any atom is 0.0705 e. The first kappa shape index (κ1) is 14.5. The predicted octanol–water partition coefficient (Wildman–Crippen LogP) is 3.20. The second kappa shape index (κ2) is 7.01. The van der Waals surface area contributed by atoms with Crippen LogP contribution in [0.5, 0.6) is 0 Å². The zero-order chi connectivity index (χ0) is 14.5. The number of pyridine rings is 1. The molecule has 3 heteroatoms. The van der Waals surface area contributed by atoms with Crippen molar-refractivity contribution in [1.29, 1.82) is 0 Å². The van der Waals surface area contributed by atoms with Crippen LogP contribution in [0, 0.1) is 0 Å². The lowest BCUT2D eigenvalue weighted by Gasteiger charge is -2.35. The van der Waals surface area contributed by atoms with Crippen LogP contribution in [0.25, 0.3) is 10.9 Å². The number of nitrogens with zero attached hydrogens (tertiary/aromatic N) is 2. The number of benzene rings is 1. The third kappa shape index (κ3) is 3.60. The summed E-state index contributed by atoms with van der Waals surface area (Å²) in [4.78, 5) is 7.42. The molecule has 0 bridgehead atoms. The van der Waals surface area contributed by atoms with Gasteiger partial charge in [0.15, 0.2) is 0 Å². The average Bonchev–Trinajstić information content (AvgIpc) is 2.54. The van der Waals surface area contributed by atoms with E-state index < -0.39 is 0 Å². The zero-order valence-electron chi connectivity index (χ0n) is 12.9. The van der Waals surface area contributed by atoms with Crippen LogP contribution < -0.4 is 5.32 Å². The van der Waals surface area contributed by atoms with Crippen molar-refractivity contribution in [2.45, 2.75) is 38.8 Å². The Morgan fingerprint density at radius 2 is 2.10 bits per heavy atom. The maximum atomic E-state index is 4.82. The van der Waals surface area contributed by atoms with E-state index in [1.165, 1.54) is 36.9 Å². The molecule has 0 radical (unpaired) electrons. The van der Waals surface area contributed by atoms with Crippen molar-refractivity contribution in [1.82, 2.24) is 15.2 Å². The molecule has 1 aliphatic heterocycles. The highest BCUT2D eigenvalue weighted by molar-refractivity contribution is 5.78. The summed E-state index contributed by atoms with van der Waals surface area (Å²) in [6.45, 7) is 6.51. The van der Waals surface area contributed by atoms with Crippen molar-refractivity contribution in [2.24, 2.45) is 0 Å². The second-order valence-corrected chi connectivity index (χ2v) is 5.92. The lowest BCUT2D eigenvalue weighted by Crippen LogP contribution is -2.45. The molecule has 0 amide bonds. The van der Waals surface area contributed by atoms with Gasteiger partial charge in [-0.2, -0.15) is 0 Å². The summed E-state index contributed by atoms with van der Waals surface area (Å²) in [7, 11) is 0. The maximum absolute atomic E-state index is 4.82. The Hall–Kier alpha value is -1.45. The Morgan fingerprint density at radius 1 is 1.19 bits per heavy atom. The average molecular weight is 283 g/mol. The number of piperidine rings is 1. The summed E-state index contributed by atoms with van der Waals surface area (Å²) in [6.07, 6.45) is 3.98. The Balaban J connectivity index is 1.72. The van der Waals surface area contributed by atoms with Gasteiger partial charge in [0, 0.05) is 24.5 Å². The van der Waals surface area contributed by atoms with Crippen molar-refractivity contribution >= 4 is 10.9 Å². The van der Waals surface area contributed by atoms with Gasteiger partial charge in [0.25, 0.3) is 0 Å². The molecular formula is C18H25N3. The van der Waals surface area contributed by atoms with Gasteiger partial charge in [0.1, 0.15) is 0 Å². The fourth-order valence-electron chi connectivity index (χ4n) is 3.21. The van der Waals surface area contributed by atoms with Crippen LogP contribution in [-0.2, 0) is 6.54 Å². The molecule has 2 aromatic rings. The summed E-state index contributed by atoms with van der Waals surface area (Å²) in [5.74, 6) is 0. The van der Waals surface area contributed by atoms with Crippen LogP contribution in [0.2, 0.25) is 0 Å². The van der Waals surface area contributed by atoms with Gasteiger partial charge in [-0.05, 0) is 38.1 Å². The first-order valence-electron chi connectivity index (χ1n) is 8.16. The lowest BCUT2D eigenvalue weighted by molar-refractivity contribution is 0.136. The minimum absolute atomic E-state index is 0.659. The molecule has 2 heterocycles.